The van der Waals surface area contributed by atoms with Gasteiger partial charge in [-0.25, -0.2) is 0 Å². The monoisotopic (exact) mass is 250 g/mol. The number of nitrogens with two attached hydrogens (primary N) is 1. The zero-order chi connectivity index (χ0) is 12.6. The van der Waals surface area contributed by atoms with E-state index in [1.807, 2.05) is 6.07 Å². The van der Waals surface area contributed by atoms with Crippen molar-refractivity contribution in [2.24, 2.45) is 5.73 Å². The molecule has 1 aliphatic heterocycles. The summed E-state index contributed by atoms with van der Waals surface area (Å²) in [5.41, 5.74) is 7.73. The second-order valence-electron chi connectivity index (χ2n) is 5.17. The summed E-state index contributed by atoms with van der Waals surface area (Å²) in [5.74, 6) is 0.917. The molecule has 1 aliphatic rings. The maximum absolute atomic E-state index is 5.96. The van der Waals surface area contributed by atoms with Gasteiger partial charge < -0.3 is 15.8 Å². The molecule has 0 aliphatic carbocycles. The average Bonchev–Trinajstić information content (AvgIpc) is 2.17. The van der Waals surface area contributed by atoms with Crippen LogP contribution in [-0.2, 0) is 0 Å². The van der Waals surface area contributed by atoms with E-state index < -0.39 is 0 Å². The zero-order valence-electron chi connectivity index (χ0n) is 10.4. The van der Waals surface area contributed by atoms with Gasteiger partial charge in [-0.3, -0.25) is 0 Å². The third kappa shape index (κ3) is 2.69. The van der Waals surface area contributed by atoms with E-state index in [2.05, 4.69) is 38.2 Å². The topological polar surface area (TPSA) is 47.3 Å². The molecule has 0 bridgehead atoms. The Hall–Kier alpha value is -1.29. The fourth-order valence-electron chi connectivity index (χ4n) is 2.27. The number of ether oxygens (including phenoxy) is 1. The van der Waals surface area contributed by atoms with Crippen molar-refractivity contribution in [1.82, 2.24) is 5.32 Å². The molecule has 0 saturated heterocycles. The molecule has 0 spiro atoms. The molecular weight excluding hydrogens is 232 g/mol. The second-order valence-corrected chi connectivity index (χ2v) is 5.61. The lowest BCUT2D eigenvalue weighted by molar-refractivity contribution is 0.0696. The summed E-state index contributed by atoms with van der Waals surface area (Å²) in [6.45, 7) is 6.21. The highest BCUT2D eigenvalue weighted by Gasteiger charge is 2.33. The average molecular weight is 250 g/mol. The summed E-state index contributed by atoms with van der Waals surface area (Å²) in [7, 11) is 0. The molecule has 3 nitrogen and oxygen atoms in total. The van der Waals surface area contributed by atoms with Crippen molar-refractivity contribution in [3.8, 4) is 5.75 Å². The maximum atomic E-state index is 5.96. The van der Waals surface area contributed by atoms with Crippen LogP contribution in [-0.4, -0.2) is 10.7 Å². The summed E-state index contributed by atoms with van der Waals surface area (Å²) < 4.78 is 5.96. The van der Waals surface area contributed by atoms with Gasteiger partial charge in [-0.05, 0) is 39.1 Å². The third-order valence-corrected chi connectivity index (χ3v) is 3.06. The second kappa shape index (κ2) is 4.18. The predicted molar refractivity (Wildman–Crippen MR) is 73.2 cm³/mol. The highest BCUT2D eigenvalue weighted by atomic mass is 32.1. The van der Waals surface area contributed by atoms with Crippen molar-refractivity contribution >= 4 is 17.3 Å². The molecule has 0 radical (unpaired) electrons. The highest BCUT2D eigenvalue weighted by Crippen LogP contribution is 2.39. The van der Waals surface area contributed by atoms with Crippen LogP contribution < -0.4 is 15.8 Å². The van der Waals surface area contributed by atoms with Crippen LogP contribution in [0.2, 0.25) is 0 Å². The summed E-state index contributed by atoms with van der Waals surface area (Å²) in [5, 5.41) is 3.48. The van der Waals surface area contributed by atoms with E-state index in [0.717, 1.165) is 17.7 Å². The Morgan fingerprint density at radius 2 is 2.24 bits per heavy atom. The number of rotatable bonds is 1. The lowest BCUT2D eigenvalue weighted by Gasteiger charge is -2.38. The molecule has 0 amide bonds. The lowest BCUT2D eigenvalue weighted by atomic mass is 9.89. The number of benzene rings is 1. The Kier molecular flexibility index (Phi) is 3.00. The van der Waals surface area contributed by atoms with Crippen molar-refractivity contribution in [1.29, 1.82) is 0 Å². The lowest BCUT2D eigenvalue weighted by Crippen LogP contribution is -2.42. The molecule has 4 heteroatoms. The van der Waals surface area contributed by atoms with Gasteiger partial charge in [0.15, 0.2) is 5.11 Å². The Balaban J connectivity index is 2.40. The number of nitrogens with one attached hydrogen (secondary N) is 1. The zero-order valence-corrected chi connectivity index (χ0v) is 11.2. The van der Waals surface area contributed by atoms with Crippen LogP contribution in [0.25, 0.3) is 0 Å². The molecule has 0 fully saturated rings. The summed E-state index contributed by atoms with van der Waals surface area (Å²) in [4.78, 5) is 0. The molecule has 3 N–H and O–H groups in total. The Bertz CT molecular complexity index is 457. The summed E-state index contributed by atoms with van der Waals surface area (Å²) in [6.07, 6.45) is 0.848. The number of thiocarbonyl (C=S) groups is 1. The number of hydrogen-bond acceptors (Lipinski definition) is 2. The fourth-order valence-corrected chi connectivity index (χ4v) is 2.42. The van der Waals surface area contributed by atoms with Gasteiger partial charge in [0.25, 0.3) is 0 Å². The molecule has 0 saturated carbocycles. The largest absolute Gasteiger partial charge is 0.487 e. The molecule has 92 valence electrons. The first-order chi connectivity index (χ1) is 7.87. The van der Waals surface area contributed by atoms with Crippen molar-refractivity contribution in [2.75, 3.05) is 0 Å². The van der Waals surface area contributed by atoms with Crippen LogP contribution in [0.5, 0.6) is 5.75 Å². The molecule has 1 aromatic rings. The van der Waals surface area contributed by atoms with E-state index in [1.54, 1.807) is 0 Å². The number of hydrogen-bond donors (Lipinski definition) is 2. The van der Waals surface area contributed by atoms with E-state index in [0.29, 0.717) is 5.11 Å². The first-order valence-corrected chi connectivity index (χ1v) is 6.14. The van der Waals surface area contributed by atoms with E-state index in [9.17, 15) is 0 Å². The van der Waals surface area contributed by atoms with Crippen molar-refractivity contribution < 1.29 is 4.74 Å². The first kappa shape index (κ1) is 12.2. The molecule has 1 unspecified atom stereocenters. The molecule has 2 rings (SSSR count). The van der Waals surface area contributed by atoms with Crippen LogP contribution in [0.3, 0.4) is 0 Å². The molecule has 0 aromatic heterocycles. The minimum absolute atomic E-state index is 0.131. The number of fused-ring (bicyclic) bond motifs is 1. The van der Waals surface area contributed by atoms with E-state index >= 15 is 0 Å². The van der Waals surface area contributed by atoms with Gasteiger partial charge in [0.2, 0.25) is 0 Å². The number of aryl methyl sites for hydroxylation is 1. The van der Waals surface area contributed by atoms with Gasteiger partial charge in [0, 0.05) is 12.0 Å². The molecule has 1 aromatic carbocycles. The van der Waals surface area contributed by atoms with Crippen LogP contribution in [0.1, 0.15) is 37.4 Å². The van der Waals surface area contributed by atoms with E-state index in [4.69, 9.17) is 22.7 Å². The van der Waals surface area contributed by atoms with Gasteiger partial charge >= 0.3 is 0 Å². The highest BCUT2D eigenvalue weighted by molar-refractivity contribution is 7.80. The Labute approximate surface area is 107 Å². The van der Waals surface area contributed by atoms with Gasteiger partial charge in [0.05, 0.1) is 6.04 Å². The van der Waals surface area contributed by atoms with Crippen molar-refractivity contribution in [2.45, 2.75) is 38.8 Å². The molecule has 1 atom stereocenters. The quantitative estimate of drug-likeness (QED) is 0.752. The Morgan fingerprint density at radius 1 is 1.53 bits per heavy atom. The van der Waals surface area contributed by atoms with Crippen LogP contribution in [0, 0.1) is 6.92 Å². The smallest absolute Gasteiger partial charge is 0.164 e. The summed E-state index contributed by atoms with van der Waals surface area (Å²) >= 11 is 4.94. The third-order valence-electron chi connectivity index (χ3n) is 2.94. The van der Waals surface area contributed by atoms with Gasteiger partial charge in [-0.15, -0.1) is 0 Å². The van der Waals surface area contributed by atoms with Crippen molar-refractivity contribution in [3.63, 3.8) is 0 Å². The van der Waals surface area contributed by atoms with Gasteiger partial charge in [0.1, 0.15) is 11.4 Å². The van der Waals surface area contributed by atoms with Crippen LogP contribution in [0.15, 0.2) is 18.2 Å². The van der Waals surface area contributed by atoms with Gasteiger partial charge in [-0.1, -0.05) is 17.7 Å². The maximum Gasteiger partial charge on any atom is 0.164 e. The van der Waals surface area contributed by atoms with Gasteiger partial charge in [-0.2, -0.15) is 0 Å². The molecule has 1 heterocycles. The standard InChI is InChI=1S/C13H18N2OS/c1-8-4-5-11-9(6-8)10(15-12(14)17)7-13(2,3)16-11/h4-6,10H,7H2,1-3H3,(H3,14,15,17). The van der Waals surface area contributed by atoms with Crippen LogP contribution >= 0.6 is 12.2 Å². The SMILES string of the molecule is Cc1ccc2c(c1)C(NC(N)=S)CC(C)(C)O2. The minimum Gasteiger partial charge on any atom is -0.487 e. The van der Waals surface area contributed by atoms with Crippen LogP contribution in [0.4, 0.5) is 0 Å². The summed E-state index contributed by atoms with van der Waals surface area (Å²) in [6, 6.07) is 6.32. The predicted octanol–water partition coefficient (Wildman–Crippen LogP) is 2.43. The Morgan fingerprint density at radius 3 is 2.88 bits per heavy atom. The molecule has 17 heavy (non-hydrogen) atoms. The van der Waals surface area contributed by atoms with Crippen molar-refractivity contribution in [3.05, 3.63) is 29.3 Å². The molecular formula is C13H18N2OS. The fraction of sp³-hybridized carbons (Fsp3) is 0.462. The van der Waals surface area contributed by atoms with E-state index in [-0.39, 0.29) is 11.6 Å². The van der Waals surface area contributed by atoms with E-state index in [1.165, 1.54) is 5.56 Å². The minimum atomic E-state index is -0.204. The normalized spacial score (nSPS) is 21.2. The first-order valence-electron chi connectivity index (χ1n) is 5.73.